The van der Waals surface area contributed by atoms with Crippen molar-refractivity contribution < 1.29 is 4.74 Å². The number of hydrogen-bond acceptors (Lipinski definition) is 4. The average molecular weight is 337 g/mol. The fourth-order valence-electron chi connectivity index (χ4n) is 3.74. The highest BCUT2D eigenvalue weighted by molar-refractivity contribution is 5.36. The molecule has 0 spiro atoms. The number of fused-ring (bicyclic) bond motifs is 1. The Hall–Kier alpha value is -1.94. The van der Waals surface area contributed by atoms with Crippen LogP contribution in [0.2, 0.25) is 0 Å². The zero-order valence-electron chi connectivity index (χ0n) is 15.2. The van der Waals surface area contributed by atoms with Gasteiger partial charge in [0.15, 0.2) is 0 Å². The van der Waals surface area contributed by atoms with Gasteiger partial charge in [-0.25, -0.2) is 4.98 Å². The molecule has 2 aromatic heterocycles. The van der Waals surface area contributed by atoms with Crippen molar-refractivity contribution in [3.05, 3.63) is 53.0 Å². The molecule has 0 saturated heterocycles. The Labute approximate surface area is 150 Å². The Morgan fingerprint density at radius 1 is 1.24 bits per heavy atom. The normalized spacial score (nSPS) is 19.1. The summed E-state index contributed by atoms with van der Waals surface area (Å²) >= 11 is 0. The number of pyridine rings is 2. The highest BCUT2D eigenvalue weighted by Crippen LogP contribution is 2.32. The van der Waals surface area contributed by atoms with Gasteiger partial charge >= 0.3 is 0 Å². The molecule has 1 saturated carbocycles. The van der Waals surface area contributed by atoms with Gasteiger partial charge in [-0.3, -0.25) is 9.88 Å². The fourth-order valence-corrected chi connectivity index (χ4v) is 3.74. The van der Waals surface area contributed by atoms with Gasteiger partial charge in [0.05, 0.1) is 5.69 Å². The Bertz CT molecular complexity index is 724. The van der Waals surface area contributed by atoms with Crippen LogP contribution in [0.15, 0.2) is 30.6 Å². The second kappa shape index (κ2) is 7.12. The smallest absolute Gasteiger partial charge is 0.218 e. The van der Waals surface area contributed by atoms with E-state index in [-0.39, 0.29) is 6.10 Å². The lowest BCUT2D eigenvalue weighted by Gasteiger charge is -2.35. The minimum absolute atomic E-state index is 0.0957. The summed E-state index contributed by atoms with van der Waals surface area (Å²) < 4.78 is 6.23. The summed E-state index contributed by atoms with van der Waals surface area (Å²) in [5.41, 5.74) is 4.77. The second-order valence-corrected chi connectivity index (χ2v) is 7.56. The van der Waals surface area contributed by atoms with Gasteiger partial charge in [-0.2, -0.15) is 0 Å². The van der Waals surface area contributed by atoms with Crippen LogP contribution in [-0.2, 0) is 13.0 Å². The quantitative estimate of drug-likeness (QED) is 0.824. The number of rotatable bonds is 5. The maximum absolute atomic E-state index is 6.23. The minimum atomic E-state index is -0.0957. The van der Waals surface area contributed by atoms with Crippen LogP contribution < -0.4 is 4.74 Å². The summed E-state index contributed by atoms with van der Waals surface area (Å²) in [6, 6.07) is 6.27. The lowest BCUT2D eigenvalue weighted by Crippen LogP contribution is -2.36. The predicted molar refractivity (Wildman–Crippen MR) is 98.6 cm³/mol. The largest absolute Gasteiger partial charge is 0.468 e. The molecule has 1 fully saturated rings. The molecule has 0 N–H and O–H groups in total. The summed E-state index contributed by atoms with van der Waals surface area (Å²) in [7, 11) is 0. The van der Waals surface area contributed by atoms with Crippen molar-refractivity contribution in [1.29, 1.82) is 0 Å². The Morgan fingerprint density at radius 2 is 2.12 bits per heavy atom. The van der Waals surface area contributed by atoms with Gasteiger partial charge in [0.2, 0.25) is 5.88 Å². The van der Waals surface area contributed by atoms with Gasteiger partial charge in [0.1, 0.15) is 6.10 Å². The predicted octanol–water partition coefficient (Wildman–Crippen LogP) is 4.08. The molecule has 0 bridgehead atoms. The van der Waals surface area contributed by atoms with Gasteiger partial charge in [-0.05, 0) is 62.3 Å². The van der Waals surface area contributed by atoms with Crippen LogP contribution in [0.25, 0.3) is 0 Å². The van der Waals surface area contributed by atoms with Crippen LogP contribution in [-0.4, -0.2) is 28.0 Å². The van der Waals surface area contributed by atoms with Crippen molar-refractivity contribution in [3.63, 3.8) is 0 Å². The molecule has 1 unspecified atom stereocenters. The molecule has 1 aliphatic heterocycles. The molecule has 4 rings (SSSR count). The number of aromatic nitrogens is 2. The first-order valence-corrected chi connectivity index (χ1v) is 9.47. The summed E-state index contributed by atoms with van der Waals surface area (Å²) in [6.45, 7) is 7.44. The van der Waals surface area contributed by atoms with E-state index in [0.717, 1.165) is 42.6 Å². The van der Waals surface area contributed by atoms with Crippen molar-refractivity contribution in [3.8, 4) is 5.88 Å². The molecule has 0 aromatic carbocycles. The lowest BCUT2D eigenvalue weighted by atomic mass is 9.84. The minimum Gasteiger partial charge on any atom is -0.468 e. The molecule has 1 atom stereocenters. The zero-order valence-corrected chi connectivity index (χ0v) is 15.2. The summed E-state index contributed by atoms with van der Waals surface area (Å²) in [4.78, 5) is 11.6. The van der Waals surface area contributed by atoms with Gasteiger partial charge in [0.25, 0.3) is 0 Å². The fraction of sp³-hybridized carbons (Fsp3) is 0.524. The topological polar surface area (TPSA) is 38.2 Å². The SMILES string of the molecule is Cc1ccc(C(C)Oc2nccc3c2CN(CC2CCC2)CC3)nc1. The van der Waals surface area contributed by atoms with Crippen LogP contribution >= 0.6 is 0 Å². The number of hydrogen-bond donors (Lipinski definition) is 0. The van der Waals surface area contributed by atoms with Crippen molar-refractivity contribution in [2.24, 2.45) is 5.92 Å². The summed E-state index contributed by atoms with van der Waals surface area (Å²) in [5.74, 6) is 1.68. The maximum atomic E-state index is 6.23. The van der Waals surface area contributed by atoms with Crippen LogP contribution in [0, 0.1) is 12.8 Å². The van der Waals surface area contributed by atoms with Crippen molar-refractivity contribution >= 4 is 0 Å². The molecule has 0 radical (unpaired) electrons. The molecule has 25 heavy (non-hydrogen) atoms. The molecule has 1 aliphatic carbocycles. The molecule has 2 aliphatic rings. The van der Waals surface area contributed by atoms with Gasteiger partial charge in [0, 0.05) is 37.6 Å². The summed E-state index contributed by atoms with van der Waals surface area (Å²) in [5, 5.41) is 0. The van der Waals surface area contributed by atoms with E-state index in [1.807, 2.05) is 32.3 Å². The molecule has 3 heterocycles. The van der Waals surface area contributed by atoms with E-state index in [2.05, 4.69) is 27.0 Å². The molecular weight excluding hydrogens is 310 g/mol. The third-order valence-corrected chi connectivity index (χ3v) is 5.57. The molecule has 132 valence electrons. The van der Waals surface area contributed by atoms with E-state index in [4.69, 9.17) is 4.74 Å². The number of aryl methyl sites for hydroxylation is 1. The van der Waals surface area contributed by atoms with Crippen LogP contribution in [0.1, 0.15) is 54.7 Å². The first-order valence-electron chi connectivity index (χ1n) is 9.47. The Kier molecular flexibility index (Phi) is 4.71. The molecule has 4 heteroatoms. The summed E-state index contributed by atoms with van der Waals surface area (Å²) in [6.07, 6.45) is 8.98. The standard InChI is InChI=1S/C21H27N3O/c1-15-6-7-20(23-12-15)16(2)25-21-19-14-24(13-17-4-3-5-17)11-9-18(19)8-10-22-21/h6-8,10,12,16-17H,3-5,9,11,13-14H2,1-2H3. The highest BCUT2D eigenvalue weighted by atomic mass is 16.5. The Morgan fingerprint density at radius 3 is 2.84 bits per heavy atom. The third-order valence-electron chi connectivity index (χ3n) is 5.57. The van der Waals surface area contributed by atoms with Crippen molar-refractivity contribution in [2.75, 3.05) is 13.1 Å². The van der Waals surface area contributed by atoms with Crippen molar-refractivity contribution in [2.45, 2.75) is 52.2 Å². The second-order valence-electron chi connectivity index (χ2n) is 7.56. The van der Waals surface area contributed by atoms with Gasteiger partial charge in [-0.1, -0.05) is 12.5 Å². The van der Waals surface area contributed by atoms with E-state index in [1.165, 1.54) is 36.9 Å². The van der Waals surface area contributed by atoms with Crippen LogP contribution in [0.4, 0.5) is 0 Å². The van der Waals surface area contributed by atoms with E-state index in [9.17, 15) is 0 Å². The first-order chi connectivity index (χ1) is 12.2. The van der Waals surface area contributed by atoms with Gasteiger partial charge in [-0.15, -0.1) is 0 Å². The van der Waals surface area contributed by atoms with Crippen LogP contribution in [0.5, 0.6) is 5.88 Å². The average Bonchev–Trinajstić information content (AvgIpc) is 2.59. The first kappa shape index (κ1) is 16.5. The van der Waals surface area contributed by atoms with E-state index >= 15 is 0 Å². The van der Waals surface area contributed by atoms with E-state index < -0.39 is 0 Å². The van der Waals surface area contributed by atoms with Crippen LogP contribution in [0.3, 0.4) is 0 Å². The third kappa shape index (κ3) is 3.69. The maximum Gasteiger partial charge on any atom is 0.218 e. The Balaban J connectivity index is 1.49. The van der Waals surface area contributed by atoms with E-state index in [1.54, 1.807) is 0 Å². The highest BCUT2D eigenvalue weighted by Gasteiger charge is 2.26. The molecular formula is C21H27N3O. The van der Waals surface area contributed by atoms with Gasteiger partial charge < -0.3 is 4.74 Å². The number of ether oxygens (including phenoxy) is 1. The molecule has 0 amide bonds. The van der Waals surface area contributed by atoms with E-state index in [0.29, 0.717) is 0 Å². The van der Waals surface area contributed by atoms with Crippen molar-refractivity contribution in [1.82, 2.24) is 14.9 Å². The molecule has 2 aromatic rings. The molecule has 4 nitrogen and oxygen atoms in total. The lowest BCUT2D eigenvalue weighted by molar-refractivity contribution is 0.157. The monoisotopic (exact) mass is 337 g/mol. The number of nitrogens with zero attached hydrogens (tertiary/aromatic N) is 3. The zero-order chi connectivity index (χ0) is 17.2.